The van der Waals surface area contributed by atoms with Gasteiger partial charge < -0.3 is 23.9 Å². The molecule has 0 radical (unpaired) electrons. The summed E-state index contributed by atoms with van der Waals surface area (Å²) in [6.45, 7) is 5.03. The Hall–Kier alpha value is -2.21. The van der Waals surface area contributed by atoms with Gasteiger partial charge in [-0.1, -0.05) is 13.8 Å². The van der Waals surface area contributed by atoms with Crippen molar-refractivity contribution in [2.75, 3.05) is 6.79 Å². The molecule has 3 rings (SSSR count). The summed E-state index contributed by atoms with van der Waals surface area (Å²) in [5.74, 6) is 1.97. The number of nitrogens with one attached hydrogen (secondary N) is 1. The summed E-state index contributed by atoms with van der Waals surface area (Å²) in [6.07, 6.45) is 1.79. The van der Waals surface area contributed by atoms with Gasteiger partial charge in [-0.2, -0.15) is 4.98 Å². The van der Waals surface area contributed by atoms with Gasteiger partial charge in [-0.25, -0.2) is 0 Å². The number of fused-ring (bicyclic) bond motifs is 1. The Morgan fingerprint density at radius 2 is 2.15 bits per heavy atom. The van der Waals surface area contributed by atoms with E-state index in [2.05, 4.69) is 24.1 Å². The molecule has 0 fully saturated rings. The Bertz CT molecular complexity index is 595. The predicted octanol–water partition coefficient (Wildman–Crippen LogP) is 2.69. The number of ether oxygens (including phenoxy) is 3. The van der Waals surface area contributed by atoms with Gasteiger partial charge in [0.25, 0.3) is 0 Å². The topological polar surface area (TPSA) is 65.8 Å². The van der Waals surface area contributed by atoms with E-state index in [1.807, 2.05) is 0 Å². The molecule has 20 heavy (non-hydrogen) atoms. The van der Waals surface area contributed by atoms with Crippen molar-refractivity contribution in [1.82, 2.24) is 10.3 Å². The van der Waals surface area contributed by atoms with E-state index in [1.165, 1.54) is 0 Å². The Balaban J connectivity index is 1.65. The third-order valence-electron chi connectivity index (χ3n) is 2.77. The SMILES string of the molecule is CC(C)NCc1coc(Oc2ccc3c(c2)OCO3)n1. The summed E-state index contributed by atoms with van der Waals surface area (Å²) in [5, 5.41) is 3.26. The molecular formula is C14H16N2O4. The first-order chi connectivity index (χ1) is 9.70. The van der Waals surface area contributed by atoms with Crippen molar-refractivity contribution in [2.45, 2.75) is 26.4 Å². The van der Waals surface area contributed by atoms with Crippen LogP contribution in [0.15, 0.2) is 28.9 Å². The van der Waals surface area contributed by atoms with Gasteiger partial charge >= 0.3 is 6.08 Å². The van der Waals surface area contributed by atoms with E-state index in [0.29, 0.717) is 29.8 Å². The molecule has 6 heteroatoms. The minimum atomic E-state index is 0.212. The third kappa shape index (κ3) is 2.85. The van der Waals surface area contributed by atoms with E-state index in [0.717, 1.165) is 5.69 Å². The van der Waals surface area contributed by atoms with E-state index in [4.69, 9.17) is 18.6 Å². The van der Waals surface area contributed by atoms with Crippen molar-refractivity contribution in [3.63, 3.8) is 0 Å². The van der Waals surface area contributed by atoms with Crippen molar-refractivity contribution in [2.24, 2.45) is 0 Å². The van der Waals surface area contributed by atoms with Crippen LogP contribution in [0.2, 0.25) is 0 Å². The average Bonchev–Trinajstić information content (AvgIpc) is 3.04. The Kier molecular flexibility index (Phi) is 3.47. The van der Waals surface area contributed by atoms with Gasteiger partial charge in [0.15, 0.2) is 11.5 Å². The van der Waals surface area contributed by atoms with Gasteiger partial charge in [0.2, 0.25) is 6.79 Å². The van der Waals surface area contributed by atoms with Gasteiger partial charge in [-0.15, -0.1) is 0 Å². The molecule has 0 aliphatic carbocycles. The molecule has 6 nitrogen and oxygen atoms in total. The molecule has 0 spiro atoms. The lowest BCUT2D eigenvalue weighted by atomic mass is 10.3. The van der Waals surface area contributed by atoms with Crippen LogP contribution in [0.25, 0.3) is 0 Å². The van der Waals surface area contributed by atoms with E-state index in [-0.39, 0.29) is 12.9 Å². The second kappa shape index (κ2) is 5.42. The van der Waals surface area contributed by atoms with Crippen LogP contribution in [0.1, 0.15) is 19.5 Å². The maximum absolute atomic E-state index is 5.55. The zero-order valence-electron chi connectivity index (χ0n) is 11.4. The first kappa shape index (κ1) is 12.8. The number of hydrogen-bond acceptors (Lipinski definition) is 6. The van der Waals surface area contributed by atoms with Gasteiger partial charge in [0.1, 0.15) is 12.0 Å². The highest BCUT2D eigenvalue weighted by Crippen LogP contribution is 2.36. The number of nitrogens with zero attached hydrogens (tertiary/aromatic N) is 1. The lowest BCUT2D eigenvalue weighted by Gasteiger charge is -2.04. The first-order valence-corrected chi connectivity index (χ1v) is 6.46. The number of oxazole rings is 1. The molecule has 0 amide bonds. The monoisotopic (exact) mass is 276 g/mol. The van der Waals surface area contributed by atoms with Crippen molar-refractivity contribution in [3.05, 3.63) is 30.2 Å². The molecule has 0 atom stereocenters. The normalized spacial score (nSPS) is 12.9. The zero-order valence-corrected chi connectivity index (χ0v) is 11.4. The van der Waals surface area contributed by atoms with E-state index in [9.17, 15) is 0 Å². The zero-order chi connectivity index (χ0) is 13.9. The highest BCUT2D eigenvalue weighted by molar-refractivity contribution is 5.47. The molecule has 0 unspecified atom stereocenters. The highest BCUT2D eigenvalue weighted by Gasteiger charge is 2.15. The summed E-state index contributed by atoms with van der Waals surface area (Å²) in [4.78, 5) is 4.25. The van der Waals surface area contributed by atoms with Gasteiger partial charge in [0.05, 0.1) is 5.69 Å². The van der Waals surface area contributed by atoms with Crippen molar-refractivity contribution < 1.29 is 18.6 Å². The van der Waals surface area contributed by atoms with Crippen LogP contribution in [0.4, 0.5) is 0 Å². The first-order valence-electron chi connectivity index (χ1n) is 6.46. The predicted molar refractivity (Wildman–Crippen MR) is 71.1 cm³/mol. The van der Waals surface area contributed by atoms with Crippen LogP contribution in [0.3, 0.4) is 0 Å². The van der Waals surface area contributed by atoms with Crippen molar-refractivity contribution in [1.29, 1.82) is 0 Å². The van der Waals surface area contributed by atoms with Crippen LogP contribution in [0.5, 0.6) is 23.3 Å². The summed E-state index contributed by atoms with van der Waals surface area (Å²) >= 11 is 0. The number of hydrogen-bond donors (Lipinski definition) is 1. The molecule has 1 aromatic heterocycles. The van der Waals surface area contributed by atoms with E-state index < -0.39 is 0 Å². The fraction of sp³-hybridized carbons (Fsp3) is 0.357. The van der Waals surface area contributed by atoms with Crippen molar-refractivity contribution >= 4 is 0 Å². The molecule has 1 aliphatic heterocycles. The second-order valence-corrected chi connectivity index (χ2v) is 4.76. The van der Waals surface area contributed by atoms with Gasteiger partial charge in [-0.3, -0.25) is 0 Å². The molecule has 1 N–H and O–H groups in total. The summed E-state index contributed by atoms with van der Waals surface area (Å²) in [6, 6.07) is 5.72. The Morgan fingerprint density at radius 3 is 3.00 bits per heavy atom. The summed E-state index contributed by atoms with van der Waals surface area (Å²) in [7, 11) is 0. The van der Waals surface area contributed by atoms with E-state index >= 15 is 0 Å². The standard InChI is InChI=1S/C14H16N2O4/c1-9(2)15-6-10-7-17-14(16-10)20-11-3-4-12-13(5-11)19-8-18-12/h3-5,7,9,15H,6,8H2,1-2H3. The number of aromatic nitrogens is 1. The molecule has 2 aromatic rings. The van der Waals surface area contributed by atoms with Crippen molar-refractivity contribution in [3.8, 4) is 23.3 Å². The molecule has 1 aliphatic rings. The lowest BCUT2D eigenvalue weighted by molar-refractivity contribution is 0.174. The Labute approximate surface area is 116 Å². The minimum absolute atomic E-state index is 0.212. The van der Waals surface area contributed by atoms with Crippen LogP contribution in [0, 0.1) is 0 Å². The van der Waals surface area contributed by atoms with Gasteiger partial charge in [-0.05, 0) is 12.1 Å². The molecule has 0 saturated carbocycles. The fourth-order valence-electron chi connectivity index (χ4n) is 1.77. The molecule has 0 bridgehead atoms. The number of benzene rings is 1. The van der Waals surface area contributed by atoms with E-state index in [1.54, 1.807) is 24.5 Å². The third-order valence-corrected chi connectivity index (χ3v) is 2.77. The lowest BCUT2D eigenvalue weighted by Crippen LogP contribution is -2.21. The molecule has 2 heterocycles. The van der Waals surface area contributed by atoms with Crippen LogP contribution < -0.4 is 19.5 Å². The summed E-state index contributed by atoms with van der Waals surface area (Å²) < 4.78 is 21.3. The largest absolute Gasteiger partial charge is 0.454 e. The maximum atomic E-state index is 5.55. The molecule has 1 aromatic carbocycles. The molecule has 106 valence electrons. The average molecular weight is 276 g/mol. The smallest absolute Gasteiger partial charge is 0.399 e. The maximum Gasteiger partial charge on any atom is 0.399 e. The second-order valence-electron chi connectivity index (χ2n) is 4.76. The quantitative estimate of drug-likeness (QED) is 0.905. The van der Waals surface area contributed by atoms with Crippen LogP contribution in [-0.2, 0) is 6.54 Å². The summed E-state index contributed by atoms with van der Waals surface area (Å²) in [5.41, 5.74) is 0.800. The van der Waals surface area contributed by atoms with Crippen LogP contribution in [-0.4, -0.2) is 17.8 Å². The Morgan fingerprint density at radius 1 is 1.30 bits per heavy atom. The highest BCUT2D eigenvalue weighted by atomic mass is 16.7. The van der Waals surface area contributed by atoms with Gasteiger partial charge in [0, 0.05) is 18.7 Å². The number of rotatable bonds is 5. The fourth-order valence-corrected chi connectivity index (χ4v) is 1.77. The minimum Gasteiger partial charge on any atom is -0.454 e. The molecule has 0 saturated heterocycles. The molecular weight excluding hydrogens is 260 g/mol. The van der Waals surface area contributed by atoms with Crippen LogP contribution >= 0.6 is 0 Å².